The van der Waals surface area contributed by atoms with Gasteiger partial charge in [-0.25, -0.2) is 0 Å². The maximum Gasteiger partial charge on any atom is 0.241 e. The number of nitrogens with two attached hydrogens (primary N) is 1. The van der Waals surface area contributed by atoms with Crippen LogP contribution in [0.5, 0.6) is 0 Å². The summed E-state index contributed by atoms with van der Waals surface area (Å²) in [6.45, 7) is 6.11. The van der Waals surface area contributed by atoms with Crippen LogP contribution < -0.4 is 11.1 Å². The van der Waals surface area contributed by atoms with E-state index in [-0.39, 0.29) is 12.5 Å². The van der Waals surface area contributed by atoms with Gasteiger partial charge in [-0.1, -0.05) is 6.92 Å². The molecule has 88 valence electrons. The van der Waals surface area contributed by atoms with Crippen LogP contribution in [0.4, 0.5) is 5.69 Å². The minimum absolute atomic E-state index is 0.0138. The highest BCUT2D eigenvalue weighted by atomic mass is 16.2. The summed E-state index contributed by atoms with van der Waals surface area (Å²) in [4.78, 5) is 11.7. The molecule has 1 amide bonds. The molecule has 0 saturated heterocycles. The van der Waals surface area contributed by atoms with Crippen molar-refractivity contribution in [1.29, 1.82) is 0 Å². The Kier molecular flexibility index (Phi) is 2.61. The van der Waals surface area contributed by atoms with Gasteiger partial charge in [0.1, 0.15) is 6.54 Å². The van der Waals surface area contributed by atoms with Crippen LogP contribution in [0, 0.1) is 19.8 Å². The third-order valence-electron chi connectivity index (χ3n) is 3.19. The minimum Gasteiger partial charge on any atom is -0.396 e. The van der Waals surface area contributed by atoms with E-state index in [1.807, 2.05) is 13.8 Å². The van der Waals surface area contributed by atoms with Crippen LogP contribution in [-0.4, -0.2) is 21.7 Å². The molecule has 1 aromatic rings. The molecule has 2 atom stereocenters. The van der Waals surface area contributed by atoms with Crippen molar-refractivity contribution in [3.63, 3.8) is 0 Å². The Bertz CT molecular complexity index is 424. The van der Waals surface area contributed by atoms with Crippen molar-refractivity contribution >= 4 is 11.6 Å². The standard InChI is InChI=1S/C11H18N4O/c1-6-4-9(6)13-10(16)5-15-8(3)11(12)7(2)14-15/h6,9H,4-5,12H2,1-3H3,(H,13,16). The zero-order valence-electron chi connectivity index (χ0n) is 9.95. The Morgan fingerprint density at radius 2 is 2.25 bits per heavy atom. The van der Waals surface area contributed by atoms with Crippen LogP contribution >= 0.6 is 0 Å². The van der Waals surface area contributed by atoms with E-state index in [0.29, 0.717) is 17.6 Å². The van der Waals surface area contributed by atoms with Gasteiger partial charge in [0.15, 0.2) is 0 Å². The van der Waals surface area contributed by atoms with Crippen molar-refractivity contribution in [3.8, 4) is 0 Å². The Labute approximate surface area is 95.0 Å². The summed E-state index contributed by atoms with van der Waals surface area (Å²) in [5, 5.41) is 7.19. The number of nitrogens with one attached hydrogen (secondary N) is 1. The molecule has 0 radical (unpaired) electrons. The van der Waals surface area contributed by atoms with Crippen molar-refractivity contribution in [2.24, 2.45) is 5.92 Å². The first-order valence-electron chi connectivity index (χ1n) is 5.58. The topological polar surface area (TPSA) is 72.9 Å². The van der Waals surface area contributed by atoms with Crippen LogP contribution in [-0.2, 0) is 11.3 Å². The molecule has 1 fully saturated rings. The Morgan fingerprint density at radius 1 is 1.62 bits per heavy atom. The van der Waals surface area contributed by atoms with Crippen LogP contribution in [0.15, 0.2) is 0 Å². The van der Waals surface area contributed by atoms with Gasteiger partial charge in [0.25, 0.3) is 0 Å². The lowest BCUT2D eigenvalue weighted by molar-refractivity contribution is -0.122. The van der Waals surface area contributed by atoms with E-state index in [9.17, 15) is 4.79 Å². The molecule has 1 aliphatic rings. The average Bonchev–Trinajstić information content (AvgIpc) is 2.84. The molecule has 1 heterocycles. The van der Waals surface area contributed by atoms with Crippen LogP contribution in [0.3, 0.4) is 0 Å². The summed E-state index contributed by atoms with van der Waals surface area (Å²) < 4.78 is 1.66. The van der Waals surface area contributed by atoms with Crippen molar-refractivity contribution in [2.45, 2.75) is 39.8 Å². The fourth-order valence-electron chi connectivity index (χ4n) is 1.78. The highest BCUT2D eigenvalue weighted by Gasteiger charge is 2.33. The molecule has 0 aliphatic heterocycles. The summed E-state index contributed by atoms with van der Waals surface area (Å²) in [6.07, 6.45) is 1.09. The largest absolute Gasteiger partial charge is 0.396 e. The van der Waals surface area contributed by atoms with Gasteiger partial charge >= 0.3 is 0 Å². The predicted octanol–water partition coefficient (Wildman–Crippen LogP) is 0.607. The second-order valence-electron chi connectivity index (χ2n) is 4.63. The smallest absolute Gasteiger partial charge is 0.241 e. The van der Waals surface area contributed by atoms with E-state index in [2.05, 4.69) is 17.3 Å². The number of anilines is 1. The molecule has 16 heavy (non-hydrogen) atoms. The molecule has 0 spiro atoms. The predicted molar refractivity (Wildman–Crippen MR) is 61.8 cm³/mol. The van der Waals surface area contributed by atoms with E-state index in [1.165, 1.54) is 0 Å². The van der Waals surface area contributed by atoms with Gasteiger partial charge in [0.2, 0.25) is 5.91 Å². The monoisotopic (exact) mass is 222 g/mol. The molecule has 0 bridgehead atoms. The summed E-state index contributed by atoms with van der Waals surface area (Å²) >= 11 is 0. The molecular formula is C11H18N4O. The summed E-state index contributed by atoms with van der Waals surface area (Å²) in [5.74, 6) is 0.634. The second-order valence-corrected chi connectivity index (χ2v) is 4.63. The highest BCUT2D eigenvalue weighted by Crippen LogP contribution is 2.28. The normalized spacial score (nSPS) is 23.2. The van der Waals surface area contributed by atoms with Gasteiger partial charge in [0.05, 0.1) is 17.1 Å². The van der Waals surface area contributed by atoms with Crippen molar-refractivity contribution < 1.29 is 4.79 Å². The molecule has 2 rings (SSSR count). The first-order chi connectivity index (χ1) is 7.49. The third kappa shape index (κ3) is 2.03. The number of aromatic nitrogens is 2. The first-order valence-corrected chi connectivity index (χ1v) is 5.58. The fourth-order valence-corrected chi connectivity index (χ4v) is 1.78. The number of nitrogens with zero attached hydrogens (tertiary/aromatic N) is 2. The first kappa shape index (κ1) is 11.0. The molecule has 1 aliphatic carbocycles. The van der Waals surface area contributed by atoms with Crippen molar-refractivity contribution in [1.82, 2.24) is 15.1 Å². The number of hydrogen-bond donors (Lipinski definition) is 2. The number of carbonyl (C=O) groups is 1. The molecule has 1 aromatic heterocycles. The van der Waals surface area contributed by atoms with Crippen molar-refractivity contribution in [2.75, 3.05) is 5.73 Å². The van der Waals surface area contributed by atoms with Crippen LogP contribution in [0.25, 0.3) is 0 Å². The lowest BCUT2D eigenvalue weighted by atomic mass is 10.3. The molecule has 5 heteroatoms. The second kappa shape index (κ2) is 3.81. The molecule has 3 N–H and O–H groups in total. The quantitative estimate of drug-likeness (QED) is 0.787. The van der Waals surface area contributed by atoms with E-state index in [4.69, 9.17) is 5.73 Å². The van der Waals surface area contributed by atoms with E-state index in [0.717, 1.165) is 17.8 Å². The Balaban J connectivity index is 1.98. The SMILES string of the molecule is Cc1nn(CC(=O)NC2CC2C)c(C)c1N. The van der Waals surface area contributed by atoms with Crippen LogP contribution in [0.1, 0.15) is 24.7 Å². The summed E-state index contributed by atoms with van der Waals surface area (Å²) in [7, 11) is 0. The number of aryl methyl sites for hydroxylation is 1. The zero-order chi connectivity index (χ0) is 11.9. The minimum atomic E-state index is 0.0138. The Morgan fingerprint density at radius 3 is 2.69 bits per heavy atom. The van der Waals surface area contributed by atoms with Crippen LogP contribution in [0.2, 0.25) is 0 Å². The lowest BCUT2D eigenvalue weighted by Gasteiger charge is -2.05. The Hall–Kier alpha value is -1.52. The maximum atomic E-state index is 11.7. The maximum absolute atomic E-state index is 11.7. The average molecular weight is 222 g/mol. The van der Waals surface area contributed by atoms with E-state index >= 15 is 0 Å². The highest BCUT2D eigenvalue weighted by molar-refractivity contribution is 5.76. The number of rotatable bonds is 3. The number of amides is 1. The van der Waals surface area contributed by atoms with Gasteiger partial charge in [0, 0.05) is 6.04 Å². The molecule has 2 unspecified atom stereocenters. The zero-order valence-corrected chi connectivity index (χ0v) is 9.95. The van der Waals surface area contributed by atoms with Gasteiger partial charge in [-0.3, -0.25) is 9.48 Å². The molecule has 5 nitrogen and oxygen atoms in total. The number of nitrogen functional groups attached to an aromatic ring is 1. The number of carbonyl (C=O) groups excluding carboxylic acids is 1. The van der Waals surface area contributed by atoms with E-state index in [1.54, 1.807) is 4.68 Å². The molecule has 1 saturated carbocycles. The molecule has 0 aromatic carbocycles. The molecular weight excluding hydrogens is 204 g/mol. The van der Waals surface area contributed by atoms with Gasteiger partial charge < -0.3 is 11.1 Å². The summed E-state index contributed by atoms with van der Waals surface area (Å²) in [5.41, 5.74) is 8.11. The lowest BCUT2D eigenvalue weighted by Crippen LogP contribution is -2.30. The third-order valence-corrected chi connectivity index (χ3v) is 3.19. The van der Waals surface area contributed by atoms with Gasteiger partial charge in [-0.15, -0.1) is 0 Å². The summed E-state index contributed by atoms with van der Waals surface area (Å²) in [6, 6.07) is 0.363. The fraction of sp³-hybridized carbons (Fsp3) is 0.636. The number of hydrogen-bond acceptors (Lipinski definition) is 3. The van der Waals surface area contributed by atoms with E-state index < -0.39 is 0 Å². The van der Waals surface area contributed by atoms with Crippen molar-refractivity contribution in [3.05, 3.63) is 11.4 Å². The van der Waals surface area contributed by atoms with Gasteiger partial charge in [-0.05, 0) is 26.2 Å². The van der Waals surface area contributed by atoms with Gasteiger partial charge in [-0.2, -0.15) is 5.10 Å².